The predicted molar refractivity (Wildman–Crippen MR) is 111 cm³/mol. The average Bonchev–Trinajstić information content (AvgIpc) is 2.67. The molecule has 2 aromatic rings. The molecular formula is C21H27N5O4. The fourth-order valence-electron chi connectivity index (χ4n) is 2.61. The van der Waals surface area contributed by atoms with Gasteiger partial charge in [-0.3, -0.25) is 9.59 Å². The summed E-state index contributed by atoms with van der Waals surface area (Å²) >= 11 is 0. The van der Waals surface area contributed by atoms with E-state index in [2.05, 4.69) is 15.3 Å². The summed E-state index contributed by atoms with van der Waals surface area (Å²) in [5, 5.41) is 2.58. The number of rotatable bonds is 6. The Morgan fingerprint density at radius 2 is 1.80 bits per heavy atom. The second kappa shape index (κ2) is 9.93. The zero-order chi connectivity index (χ0) is 22.3. The molecular weight excluding hydrogens is 386 g/mol. The van der Waals surface area contributed by atoms with E-state index < -0.39 is 35.6 Å². The molecule has 1 heterocycles. The van der Waals surface area contributed by atoms with E-state index in [4.69, 9.17) is 10.5 Å². The lowest BCUT2D eigenvalue weighted by Crippen LogP contribution is -2.55. The molecule has 0 aliphatic heterocycles. The molecule has 0 aliphatic rings. The van der Waals surface area contributed by atoms with E-state index in [1.165, 1.54) is 25.5 Å². The molecule has 3 amide bonds. The van der Waals surface area contributed by atoms with Crippen LogP contribution in [-0.4, -0.2) is 45.6 Å². The van der Waals surface area contributed by atoms with Crippen LogP contribution in [0.4, 0.5) is 10.6 Å². The quantitative estimate of drug-likeness (QED) is 0.739. The number of carbonyl (C=O) groups is 3. The zero-order valence-corrected chi connectivity index (χ0v) is 17.5. The smallest absolute Gasteiger partial charge is 0.408 e. The van der Waals surface area contributed by atoms with E-state index in [0.29, 0.717) is 0 Å². The second-order valence-corrected chi connectivity index (χ2v) is 7.76. The van der Waals surface area contributed by atoms with E-state index in [1.807, 2.05) is 30.3 Å². The predicted octanol–water partition coefficient (Wildman–Crippen LogP) is 1.82. The van der Waals surface area contributed by atoms with Gasteiger partial charge in [-0.25, -0.2) is 19.7 Å². The maximum absolute atomic E-state index is 13.4. The summed E-state index contributed by atoms with van der Waals surface area (Å²) in [4.78, 5) is 47.2. The summed E-state index contributed by atoms with van der Waals surface area (Å²) < 4.78 is 5.29. The maximum atomic E-state index is 13.4. The first-order valence-electron chi connectivity index (χ1n) is 9.51. The molecule has 9 heteroatoms. The van der Waals surface area contributed by atoms with E-state index >= 15 is 0 Å². The number of nitrogens with two attached hydrogens (primary N) is 1. The van der Waals surface area contributed by atoms with Crippen molar-refractivity contribution in [3.8, 4) is 0 Å². The molecule has 160 valence electrons. The van der Waals surface area contributed by atoms with Crippen LogP contribution in [-0.2, 0) is 20.7 Å². The number of nitrogens with zero attached hydrogens (tertiary/aromatic N) is 3. The molecule has 0 fully saturated rings. The van der Waals surface area contributed by atoms with Gasteiger partial charge in [0.25, 0.3) is 11.8 Å². The number of hydrogen-bond acceptors (Lipinski definition) is 7. The van der Waals surface area contributed by atoms with Gasteiger partial charge in [-0.15, -0.1) is 0 Å². The van der Waals surface area contributed by atoms with Gasteiger partial charge in [0, 0.05) is 12.6 Å². The summed E-state index contributed by atoms with van der Waals surface area (Å²) in [7, 11) is 0. The maximum Gasteiger partial charge on any atom is 0.408 e. The summed E-state index contributed by atoms with van der Waals surface area (Å²) in [6.45, 7) is 6.62. The molecule has 2 atom stereocenters. The van der Waals surface area contributed by atoms with Gasteiger partial charge >= 0.3 is 6.09 Å². The van der Waals surface area contributed by atoms with E-state index in [-0.39, 0.29) is 12.2 Å². The van der Waals surface area contributed by atoms with Gasteiger partial charge in [0.1, 0.15) is 23.8 Å². The molecule has 0 radical (unpaired) electrons. The highest BCUT2D eigenvalue weighted by Crippen LogP contribution is 2.15. The minimum atomic E-state index is -1.08. The number of hydrogen-bond donors (Lipinski definition) is 2. The Morgan fingerprint density at radius 1 is 1.13 bits per heavy atom. The monoisotopic (exact) mass is 413 g/mol. The number of anilines is 1. The van der Waals surface area contributed by atoms with Crippen LogP contribution in [0.25, 0.3) is 0 Å². The molecule has 3 N–H and O–H groups in total. The Labute approximate surface area is 175 Å². The first-order chi connectivity index (χ1) is 14.1. The van der Waals surface area contributed by atoms with Gasteiger partial charge < -0.3 is 15.8 Å². The fraction of sp³-hybridized carbons (Fsp3) is 0.381. The number of benzene rings is 1. The SMILES string of the molecule is C[C@H](N)C(=O)N(C(=O)[C@H](Cc1ccccc1)NC(=O)OC(C)(C)C)c1ccncn1. The van der Waals surface area contributed by atoms with Gasteiger partial charge in [0.05, 0.1) is 6.04 Å². The molecule has 2 rings (SSSR count). The van der Waals surface area contributed by atoms with Crippen LogP contribution in [0.5, 0.6) is 0 Å². The minimum Gasteiger partial charge on any atom is -0.444 e. The lowest BCUT2D eigenvalue weighted by molar-refractivity contribution is -0.128. The Bertz CT molecular complexity index is 866. The van der Waals surface area contributed by atoms with Crippen molar-refractivity contribution in [2.75, 3.05) is 4.90 Å². The molecule has 9 nitrogen and oxygen atoms in total. The van der Waals surface area contributed by atoms with Crippen molar-refractivity contribution in [2.45, 2.75) is 51.8 Å². The number of alkyl carbamates (subject to hydrolysis) is 1. The van der Waals surface area contributed by atoms with Gasteiger partial charge in [0.15, 0.2) is 0 Å². The Hall–Kier alpha value is -3.33. The van der Waals surface area contributed by atoms with Gasteiger partial charge in [0.2, 0.25) is 0 Å². The molecule has 0 unspecified atom stereocenters. The molecule has 0 saturated carbocycles. The summed E-state index contributed by atoms with van der Waals surface area (Å²) in [6, 6.07) is 8.50. The second-order valence-electron chi connectivity index (χ2n) is 7.76. The Morgan fingerprint density at radius 3 is 2.33 bits per heavy atom. The highest BCUT2D eigenvalue weighted by molar-refractivity contribution is 6.17. The normalized spacial score (nSPS) is 13.1. The number of imide groups is 1. The van der Waals surface area contributed by atoms with Crippen molar-refractivity contribution in [2.24, 2.45) is 5.73 Å². The van der Waals surface area contributed by atoms with Crippen LogP contribution in [0.3, 0.4) is 0 Å². The number of aromatic nitrogens is 2. The van der Waals surface area contributed by atoms with Crippen LogP contribution in [0.2, 0.25) is 0 Å². The van der Waals surface area contributed by atoms with Gasteiger partial charge in [-0.05, 0) is 39.3 Å². The highest BCUT2D eigenvalue weighted by atomic mass is 16.6. The fourth-order valence-corrected chi connectivity index (χ4v) is 2.61. The average molecular weight is 413 g/mol. The first kappa shape index (κ1) is 23.0. The molecule has 0 spiro atoms. The number of nitrogens with one attached hydrogen (secondary N) is 1. The lowest BCUT2D eigenvalue weighted by atomic mass is 10.0. The number of carbonyl (C=O) groups excluding carboxylic acids is 3. The lowest BCUT2D eigenvalue weighted by Gasteiger charge is -2.28. The van der Waals surface area contributed by atoms with Crippen molar-refractivity contribution in [3.63, 3.8) is 0 Å². The van der Waals surface area contributed by atoms with Crippen molar-refractivity contribution in [3.05, 3.63) is 54.5 Å². The van der Waals surface area contributed by atoms with Crippen LogP contribution >= 0.6 is 0 Å². The topological polar surface area (TPSA) is 128 Å². The van der Waals surface area contributed by atoms with Gasteiger partial charge in [-0.1, -0.05) is 30.3 Å². The van der Waals surface area contributed by atoms with Crippen LogP contribution < -0.4 is 16.0 Å². The van der Waals surface area contributed by atoms with E-state index in [0.717, 1.165) is 10.5 Å². The number of ether oxygens (including phenoxy) is 1. The summed E-state index contributed by atoms with van der Waals surface area (Å²) in [5.41, 5.74) is 5.79. The van der Waals surface area contributed by atoms with Crippen molar-refractivity contribution in [1.82, 2.24) is 15.3 Å². The third-order valence-corrected chi connectivity index (χ3v) is 3.90. The van der Waals surface area contributed by atoms with Gasteiger partial charge in [-0.2, -0.15) is 0 Å². The molecule has 0 saturated heterocycles. The minimum absolute atomic E-state index is 0.0707. The highest BCUT2D eigenvalue weighted by Gasteiger charge is 2.34. The summed E-state index contributed by atoms with van der Waals surface area (Å²) in [6.07, 6.45) is 2.00. The molecule has 0 bridgehead atoms. The molecule has 0 aliphatic carbocycles. The van der Waals surface area contributed by atoms with Crippen LogP contribution in [0, 0.1) is 0 Å². The van der Waals surface area contributed by atoms with Crippen LogP contribution in [0.15, 0.2) is 48.9 Å². The van der Waals surface area contributed by atoms with Crippen molar-refractivity contribution >= 4 is 23.7 Å². The molecule has 1 aromatic heterocycles. The third kappa shape index (κ3) is 6.63. The summed E-state index contributed by atoms with van der Waals surface area (Å²) in [5.74, 6) is -1.25. The van der Waals surface area contributed by atoms with Crippen LogP contribution in [0.1, 0.15) is 33.3 Å². The largest absolute Gasteiger partial charge is 0.444 e. The van der Waals surface area contributed by atoms with Crippen molar-refractivity contribution < 1.29 is 19.1 Å². The first-order valence-corrected chi connectivity index (χ1v) is 9.51. The van der Waals surface area contributed by atoms with E-state index in [9.17, 15) is 14.4 Å². The standard InChI is InChI=1S/C21H27N5O4/c1-14(22)18(27)26(17-10-11-23-13-24-17)19(28)16(12-15-8-6-5-7-9-15)25-20(29)30-21(2,3)4/h5-11,13-14,16H,12,22H2,1-4H3,(H,25,29)/t14-,16-/m0/s1. The Balaban J connectivity index is 2.38. The third-order valence-electron chi connectivity index (χ3n) is 3.90. The van der Waals surface area contributed by atoms with E-state index in [1.54, 1.807) is 20.8 Å². The Kier molecular flexibility index (Phi) is 7.60. The van der Waals surface area contributed by atoms with Crippen molar-refractivity contribution in [1.29, 1.82) is 0 Å². The zero-order valence-electron chi connectivity index (χ0n) is 17.5. The number of amides is 3. The molecule has 1 aromatic carbocycles. The molecule has 30 heavy (non-hydrogen) atoms.